The molecule has 2 aromatic heterocycles. The number of thiophene rings is 1. The molecule has 4 heteroatoms. The van der Waals surface area contributed by atoms with Crippen molar-refractivity contribution < 1.29 is 0 Å². The minimum Gasteiger partial charge on any atom is -0.217 e. The molecule has 6 aromatic rings. The molecule has 0 fully saturated rings. The van der Waals surface area contributed by atoms with Gasteiger partial charge in [0, 0.05) is 21.0 Å². The highest BCUT2D eigenvalue weighted by Gasteiger charge is 2.15. The molecule has 2 heterocycles. The maximum absolute atomic E-state index is 6.29. The molecular formula is C28H17ClN2S. The summed E-state index contributed by atoms with van der Waals surface area (Å²) in [6.07, 6.45) is 0. The van der Waals surface area contributed by atoms with E-state index in [2.05, 4.69) is 101 Å². The summed E-state index contributed by atoms with van der Waals surface area (Å²) < 4.78 is 1.19. The van der Waals surface area contributed by atoms with Crippen LogP contribution in [0.15, 0.2) is 103 Å². The Morgan fingerprint density at radius 3 is 1.97 bits per heavy atom. The van der Waals surface area contributed by atoms with Crippen molar-refractivity contribution in [2.24, 2.45) is 0 Å². The van der Waals surface area contributed by atoms with Gasteiger partial charge in [0.1, 0.15) is 4.83 Å². The quantitative estimate of drug-likeness (QED) is 0.253. The van der Waals surface area contributed by atoms with Crippen molar-refractivity contribution in [3.8, 4) is 33.5 Å². The zero-order chi connectivity index (χ0) is 21.5. The number of hydrogen-bond donors (Lipinski definition) is 0. The highest BCUT2D eigenvalue weighted by atomic mass is 35.5. The standard InChI is InChI=1S/C28H17ClN2S/c29-28-30-26(25-23-11-4-5-12-24(23)32-27(25)31-28)20-15-13-19(14-16-20)22-10-6-9-21(17-22)18-7-2-1-3-8-18/h1-17H. The second-order valence-corrected chi connectivity index (χ2v) is 9.01. The van der Waals surface area contributed by atoms with Gasteiger partial charge in [0.05, 0.1) is 5.69 Å². The number of hydrogen-bond acceptors (Lipinski definition) is 3. The third kappa shape index (κ3) is 3.36. The van der Waals surface area contributed by atoms with Crippen LogP contribution >= 0.6 is 22.9 Å². The van der Waals surface area contributed by atoms with E-state index in [-0.39, 0.29) is 5.28 Å². The van der Waals surface area contributed by atoms with E-state index >= 15 is 0 Å². The Kier molecular flexibility index (Phi) is 4.71. The minimum atomic E-state index is 0.277. The van der Waals surface area contributed by atoms with Gasteiger partial charge in [-0.25, -0.2) is 9.97 Å². The fraction of sp³-hybridized carbons (Fsp3) is 0. The molecule has 0 saturated carbocycles. The monoisotopic (exact) mass is 448 g/mol. The molecule has 0 atom stereocenters. The number of halogens is 1. The molecule has 0 spiro atoms. The number of rotatable bonds is 3. The maximum Gasteiger partial charge on any atom is 0.224 e. The molecule has 6 rings (SSSR count). The molecule has 0 bridgehead atoms. The largest absolute Gasteiger partial charge is 0.224 e. The van der Waals surface area contributed by atoms with Crippen LogP contribution in [0.2, 0.25) is 5.28 Å². The third-order valence-electron chi connectivity index (χ3n) is 5.67. The van der Waals surface area contributed by atoms with E-state index in [1.807, 2.05) is 12.1 Å². The van der Waals surface area contributed by atoms with Gasteiger partial charge in [0.2, 0.25) is 5.28 Å². The first-order valence-corrected chi connectivity index (χ1v) is 11.6. The molecule has 0 N–H and O–H groups in total. The van der Waals surface area contributed by atoms with Crippen LogP contribution in [0.1, 0.15) is 0 Å². The molecule has 0 radical (unpaired) electrons. The fourth-order valence-corrected chi connectivity index (χ4v) is 5.43. The van der Waals surface area contributed by atoms with Crippen molar-refractivity contribution in [1.29, 1.82) is 0 Å². The number of benzene rings is 4. The fourth-order valence-electron chi connectivity index (χ4n) is 4.14. The zero-order valence-electron chi connectivity index (χ0n) is 17.0. The summed E-state index contributed by atoms with van der Waals surface area (Å²) in [5, 5.41) is 2.51. The zero-order valence-corrected chi connectivity index (χ0v) is 18.6. The van der Waals surface area contributed by atoms with E-state index in [0.29, 0.717) is 0 Å². The topological polar surface area (TPSA) is 25.8 Å². The van der Waals surface area contributed by atoms with Crippen LogP contribution in [0, 0.1) is 0 Å². The molecule has 0 amide bonds. The predicted octanol–water partition coefficient (Wildman–Crippen LogP) is 8.50. The summed E-state index contributed by atoms with van der Waals surface area (Å²) >= 11 is 7.94. The van der Waals surface area contributed by atoms with Gasteiger partial charge in [-0.2, -0.15) is 0 Å². The van der Waals surface area contributed by atoms with Gasteiger partial charge in [-0.1, -0.05) is 91.0 Å². The molecule has 32 heavy (non-hydrogen) atoms. The average Bonchev–Trinajstić information content (AvgIpc) is 3.22. The number of nitrogens with zero attached hydrogens (tertiary/aromatic N) is 2. The third-order valence-corrected chi connectivity index (χ3v) is 6.91. The van der Waals surface area contributed by atoms with E-state index in [1.54, 1.807) is 11.3 Å². The van der Waals surface area contributed by atoms with Gasteiger partial charge in [0.25, 0.3) is 0 Å². The summed E-state index contributed by atoms with van der Waals surface area (Å²) in [6.45, 7) is 0. The van der Waals surface area contributed by atoms with Gasteiger partial charge in [-0.3, -0.25) is 0 Å². The summed E-state index contributed by atoms with van der Waals surface area (Å²) in [4.78, 5) is 10.0. The molecule has 0 saturated heterocycles. The van der Waals surface area contributed by atoms with Gasteiger partial charge >= 0.3 is 0 Å². The van der Waals surface area contributed by atoms with Crippen molar-refractivity contribution in [1.82, 2.24) is 9.97 Å². The van der Waals surface area contributed by atoms with Crippen LogP contribution in [0.3, 0.4) is 0 Å². The second-order valence-electron chi connectivity index (χ2n) is 7.64. The van der Waals surface area contributed by atoms with Gasteiger partial charge in [-0.05, 0) is 46.0 Å². The normalized spacial score (nSPS) is 11.3. The molecule has 0 aliphatic rings. The smallest absolute Gasteiger partial charge is 0.217 e. The van der Waals surface area contributed by atoms with E-state index < -0.39 is 0 Å². The lowest BCUT2D eigenvalue weighted by Gasteiger charge is -2.08. The maximum atomic E-state index is 6.29. The molecule has 4 aromatic carbocycles. The lowest BCUT2D eigenvalue weighted by molar-refractivity contribution is 1.24. The highest BCUT2D eigenvalue weighted by Crippen LogP contribution is 2.39. The van der Waals surface area contributed by atoms with Crippen molar-refractivity contribution >= 4 is 43.2 Å². The van der Waals surface area contributed by atoms with Crippen LogP contribution in [-0.2, 0) is 0 Å². The molecular weight excluding hydrogens is 432 g/mol. The van der Waals surface area contributed by atoms with Gasteiger partial charge < -0.3 is 0 Å². The van der Waals surface area contributed by atoms with Crippen LogP contribution in [0.5, 0.6) is 0 Å². The minimum absolute atomic E-state index is 0.277. The Labute approximate surface area is 194 Å². The Hall–Kier alpha value is -3.53. The summed E-state index contributed by atoms with van der Waals surface area (Å²) in [6, 6.07) is 36.0. The van der Waals surface area contributed by atoms with Gasteiger partial charge in [-0.15, -0.1) is 11.3 Å². The molecule has 0 aliphatic heterocycles. The van der Waals surface area contributed by atoms with Crippen molar-refractivity contribution in [3.05, 3.63) is 108 Å². The SMILES string of the molecule is Clc1nc(-c2ccc(-c3cccc(-c4ccccc4)c3)cc2)c2c(n1)sc1ccccc12. The molecule has 152 valence electrons. The number of aromatic nitrogens is 2. The Morgan fingerprint density at radius 2 is 1.19 bits per heavy atom. The first-order chi connectivity index (χ1) is 15.8. The average molecular weight is 449 g/mol. The molecule has 0 unspecified atom stereocenters. The summed E-state index contributed by atoms with van der Waals surface area (Å²) in [7, 11) is 0. The highest BCUT2D eigenvalue weighted by molar-refractivity contribution is 7.25. The van der Waals surface area contributed by atoms with Crippen LogP contribution < -0.4 is 0 Å². The Morgan fingerprint density at radius 1 is 0.562 bits per heavy atom. The molecule has 2 nitrogen and oxygen atoms in total. The lowest BCUT2D eigenvalue weighted by Crippen LogP contribution is -1.89. The van der Waals surface area contributed by atoms with Crippen LogP contribution in [0.4, 0.5) is 0 Å². The van der Waals surface area contributed by atoms with Crippen molar-refractivity contribution in [2.75, 3.05) is 0 Å². The predicted molar refractivity (Wildman–Crippen MR) is 136 cm³/mol. The van der Waals surface area contributed by atoms with E-state index in [1.165, 1.54) is 26.8 Å². The Balaban J connectivity index is 1.44. The lowest BCUT2D eigenvalue weighted by atomic mass is 9.97. The Bertz CT molecular complexity index is 1570. The first kappa shape index (κ1) is 19.2. The number of fused-ring (bicyclic) bond motifs is 3. The first-order valence-electron chi connectivity index (χ1n) is 10.4. The van der Waals surface area contributed by atoms with Crippen LogP contribution in [-0.4, -0.2) is 9.97 Å². The second kappa shape index (κ2) is 7.86. The van der Waals surface area contributed by atoms with E-state index in [9.17, 15) is 0 Å². The van der Waals surface area contributed by atoms with E-state index in [4.69, 9.17) is 11.6 Å². The van der Waals surface area contributed by atoms with Gasteiger partial charge in [0.15, 0.2) is 0 Å². The van der Waals surface area contributed by atoms with Crippen LogP contribution in [0.25, 0.3) is 53.8 Å². The summed E-state index contributed by atoms with van der Waals surface area (Å²) in [5.74, 6) is 0. The van der Waals surface area contributed by atoms with Crippen molar-refractivity contribution in [2.45, 2.75) is 0 Å². The molecule has 0 aliphatic carbocycles. The van der Waals surface area contributed by atoms with Crippen molar-refractivity contribution in [3.63, 3.8) is 0 Å². The van der Waals surface area contributed by atoms with E-state index in [0.717, 1.165) is 27.0 Å². The summed E-state index contributed by atoms with van der Waals surface area (Å²) in [5.41, 5.74) is 6.69.